The second-order valence-corrected chi connectivity index (χ2v) is 4.22. The molecule has 0 aromatic heterocycles. The van der Waals surface area contributed by atoms with E-state index in [1.165, 1.54) is 6.07 Å². The SMILES string of the molecule is O=[N+]([O-])c1ccc(OCc2ccc(Cl)cc2)cc1F. The summed E-state index contributed by atoms with van der Waals surface area (Å²) in [6.07, 6.45) is 0. The van der Waals surface area contributed by atoms with Crippen molar-refractivity contribution in [1.82, 2.24) is 0 Å². The van der Waals surface area contributed by atoms with Gasteiger partial charge in [0.05, 0.1) is 4.92 Å². The van der Waals surface area contributed by atoms with Crippen LogP contribution in [-0.4, -0.2) is 4.92 Å². The number of ether oxygens (including phenoxy) is 1. The standard InChI is InChI=1S/C13H9ClFNO3/c14-10-3-1-9(2-4-10)8-19-11-5-6-13(16(17)18)12(15)7-11/h1-7H,8H2. The van der Waals surface area contributed by atoms with Crippen molar-refractivity contribution in [2.45, 2.75) is 6.61 Å². The van der Waals surface area contributed by atoms with Crippen LogP contribution in [0.4, 0.5) is 10.1 Å². The lowest BCUT2D eigenvalue weighted by Crippen LogP contribution is -1.97. The second-order valence-electron chi connectivity index (χ2n) is 3.79. The van der Waals surface area contributed by atoms with E-state index in [1.54, 1.807) is 24.3 Å². The average Bonchev–Trinajstić information content (AvgIpc) is 2.37. The monoisotopic (exact) mass is 281 g/mol. The molecule has 0 saturated carbocycles. The minimum Gasteiger partial charge on any atom is -0.489 e. The highest BCUT2D eigenvalue weighted by Gasteiger charge is 2.14. The average molecular weight is 282 g/mol. The molecule has 98 valence electrons. The van der Waals surface area contributed by atoms with E-state index >= 15 is 0 Å². The minimum atomic E-state index is -0.918. The van der Waals surface area contributed by atoms with E-state index in [2.05, 4.69) is 0 Å². The molecule has 0 atom stereocenters. The molecule has 2 aromatic rings. The van der Waals surface area contributed by atoms with E-state index in [0.717, 1.165) is 17.7 Å². The zero-order valence-electron chi connectivity index (χ0n) is 9.68. The first kappa shape index (κ1) is 13.3. The highest BCUT2D eigenvalue weighted by molar-refractivity contribution is 6.30. The molecular weight excluding hydrogens is 273 g/mol. The van der Waals surface area contributed by atoms with Crippen LogP contribution < -0.4 is 4.74 Å². The van der Waals surface area contributed by atoms with Gasteiger partial charge in [0.1, 0.15) is 12.4 Å². The van der Waals surface area contributed by atoms with E-state index in [0.29, 0.717) is 5.02 Å². The molecule has 0 unspecified atom stereocenters. The Balaban J connectivity index is 2.06. The zero-order chi connectivity index (χ0) is 13.8. The van der Waals surface area contributed by atoms with Gasteiger partial charge in [0.25, 0.3) is 0 Å². The van der Waals surface area contributed by atoms with Crippen molar-refractivity contribution in [3.63, 3.8) is 0 Å². The zero-order valence-corrected chi connectivity index (χ0v) is 10.4. The van der Waals surface area contributed by atoms with Crippen molar-refractivity contribution in [1.29, 1.82) is 0 Å². The van der Waals surface area contributed by atoms with Crippen molar-refractivity contribution >= 4 is 17.3 Å². The van der Waals surface area contributed by atoms with E-state index < -0.39 is 16.4 Å². The Morgan fingerprint density at radius 2 is 1.89 bits per heavy atom. The number of hydrogen-bond donors (Lipinski definition) is 0. The summed E-state index contributed by atoms with van der Waals surface area (Å²) in [6.45, 7) is 0.231. The number of nitro benzene ring substituents is 1. The fourth-order valence-corrected chi connectivity index (χ4v) is 1.60. The lowest BCUT2D eigenvalue weighted by molar-refractivity contribution is -0.387. The van der Waals surface area contributed by atoms with Crippen LogP contribution in [0.3, 0.4) is 0 Å². The van der Waals surface area contributed by atoms with Crippen molar-refractivity contribution in [2.24, 2.45) is 0 Å². The lowest BCUT2D eigenvalue weighted by atomic mass is 10.2. The highest BCUT2D eigenvalue weighted by Crippen LogP contribution is 2.23. The molecule has 0 aliphatic rings. The number of rotatable bonds is 4. The molecule has 6 heteroatoms. The van der Waals surface area contributed by atoms with Gasteiger partial charge in [-0.15, -0.1) is 0 Å². The Bertz CT molecular complexity index is 601. The molecule has 0 amide bonds. The predicted octanol–water partition coefficient (Wildman–Crippen LogP) is 3.97. The predicted molar refractivity (Wildman–Crippen MR) is 68.8 cm³/mol. The van der Waals surface area contributed by atoms with Gasteiger partial charge >= 0.3 is 5.69 Å². The number of nitrogens with zero attached hydrogens (tertiary/aromatic N) is 1. The van der Waals surface area contributed by atoms with Gasteiger partial charge in [-0.05, 0) is 23.8 Å². The maximum Gasteiger partial charge on any atom is 0.305 e. The highest BCUT2D eigenvalue weighted by atomic mass is 35.5. The second kappa shape index (κ2) is 5.67. The van der Waals surface area contributed by atoms with Crippen LogP contribution in [0.1, 0.15) is 5.56 Å². The fraction of sp³-hybridized carbons (Fsp3) is 0.0769. The van der Waals surface area contributed by atoms with E-state index in [1.807, 2.05) is 0 Å². The van der Waals surface area contributed by atoms with Crippen LogP contribution in [0.25, 0.3) is 0 Å². The summed E-state index contributed by atoms with van der Waals surface area (Å²) in [7, 11) is 0. The first-order chi connectivity index (χ1) is 9.06. The van der Waals surface area contributed by atoms with Crippen LogP contribution >= 0.6 is 11.6 Å². The maximum atomic E-state index is 13.3. The smallest absolute Gasteiger partial charge is 0.305 e. The number of nitro groups is 1. The Morgan fingerprint density at radius 1 is 1.21 bits per heavy atom. The van der Waals surface area contributed by atoms with Gasteiger partial charge in [0.2, 0.25) is 5.82 Å². The number of hydrogen-bond acceptors (Lipinski definition) is 3. The van der Waals surface area contributed by atoms with Gasteiger partial charge < -0.3 is 4.74 Å². The molecule has 0 saturated heterocycles. The van der Waals surface area contributed by atoms with Gasteiger partial charge in [-0.3, -0.25) is 10.1 Å². The van der Waals surface area contributed by atoms with Crippen molar-refractivity contribution < 1.29 is 14.1 Å². The van der Waals surface area contributed by atoms with Crippen LogP contribution in [0.15, 0.2) is 42.5 Å². The molecule has 2 rings (SSSR count). The third-order valence-corrected chi connectivity index (χ3v) is 2.69. The van der Waals surface area contributed by atoms with Gasteiger partial charge in [0, 0.05) is 17.2 Å². The van der Waals surface area contributed by atoms with Crippen LogP contribution in [0.5, 0.6) is 5.75 Å². The van der Waals surface area contributed by atoms with E-state index in [9.17, 15) is 14.5 Å². The summed E-state index contributed by atoms with van der Waals surface area (Å²) in [5.41, 5.74) is 0.294. The molecule has 0 aliphatic carbocycles. The maximum absolute atomic E-state index is 13.3. The Kier molecular flexibility index (Phi) is 3.97. The summed E-state index contributed by atoms with van der Waals surface area (Å²) >= 11 is 5.74. The molecule has 4 nitrogen and oxygen atoms in total. The summed E-state index contributed by atoms with van der Waals surface area (Å²) in [6, 6.07) is 10.4. The van der Waals surface area contributed by atoms with Crippen LogP contribution in [0.2, 0.25) is 5.02 Å². The third kappa shape index (κ3) is 3.42. The molecule has 0 aliphatic heterocycles. The van der Waals surface area contributed by atoms with Crippen molar-refractivity contribution in [3.8, 4) is 5.75 Å². The van der Waals surface area contributed by atoms with E-state index in [4.69, 9.17) is 16.3 Å². The van der Waals surface area contributed by atoms with Gasteiger partial charge in [-0.25, -0.2) is 0 Å². The molecule has 0 radical (unpaired) electrons. The quantitative estimate of drug-likeness (QED) is 0.629. The first-order valence-corrected chi connectivity index (χ1v) is 5.75. The van der Waals surface area contributed by atoms with Crippen molar-refractivity contribution in [3.05, 3.63) is 69.0 Å². The van der Waals surface area contributed by atoms with Crippen molar-refractivity contribution in [2.75, 3.05) is 0 Å². The molecule has 0 fully saturated rings. The van der Waals surface area contributed by atoms with Crippen LogP contribution in [-0.2, 0) is 6.61 Å². The minimum absolute atomic E-state index is 0.231. The lowest BCUT2D eigenvalue weighted by Gasteiger charge is -2.06. The molecule has 0 spiro atoms. The summed E-state index contributed by atoms with van der Waals surface area (Å²) < 4.78 is 18.7. The Hall–Kier alpha value is -2.14. The van der Waals surface area contributed by atoms with Gasteiger partial charge in [0.15, 0.2) is 0 Å². The van der Waals surface area contributed by atoms with E-state index in [-0.39, 0.29) is 12.4 Å². The molecule has 0 bridgehead atoms. The Labute approximate surface area is 113 Å². The third-order valence-electron chi connectivity index (χ3n) is 2.43. The summed E-state index contributed by atoms with van der Waals surface area (Å²) in [5.74, 6) is -0.684. The molecular formula is C13H9ClFNO3. The molecule has 2 aromatic carbocycles. The largest absolute Gasteiger partial charge is 0.489 e. The normalized spacial score (nSPS) is 10.2. The fourth-order valence-electron chi connectivity index (χ4n) is 1.47. The molecule has 19 heavy (non-hydrogen) atoms. The van der Waals surface area contributed by atoms with Gasteiger partial charge in [-0.2, -0.15) is 4.39 Å². The first-order valence-electron chi connectivity index (χ1n) is 5.37. The molecule has 0 heterocycles. The van der Waals surface area contributed by atoms with Gasteiger partial charge in [-0.1, -0.05) is 23.7 Å². The summed E-state index contributed by atoms with van der Waals surface area (Å²) in [4.78, 5) is 9.68. The van der Waals surface area contributed by atoms with Crippen LogP contribution in [0, 0.1) is 15.9 Å². The molecule has 0 N–H and O–H groups in total. The topological polar surface area (TPSA) is 52.4 Å². The number of benzene rings is 2. The number of halogens is 2. The summed E-state index contributed by atoms with van der Waals surface area (Å²) in [5, 5.41) is 11.1. The Morgan fingerprint density at radius 3 is 2.47 bits per heavy atom.